The van der Waals surface area contributed by atoms with E-state index in [1.807, 2.05) is 30.3 Å². The Balaban J connectivity index is 2.52. The lowest BCUT2D eigenvalue weighted by Gasteiger charge is -2.18. The van der Waals surface area contributed by atoms with Crippen molar-refractivity contribution in [1.82, 2.24) is 5.32 Å². The Morgan fingerprint density at radius 2 is 1.89 bits per heavy atom. The van der Waals surface area contributed by atoms with Crippen LogP contribution in [0.1, 0.15) is 12.0 Å². The third-order valence-electron chi connectivity index (χ3n) is 2.62. The molecule has 0 aliphatic heterocycles. The van der Waals surface area contributed by atoms with E-state index in [-0.39, 0.29) is 6.61 Å². The Morgan fingerprint density at radius 1 is 1.26 bits per heavy atom. The Kier molecular flexibility index (Phi) is 5.98. The molecular weight excluding hydrogens is 248 g/mol. The number of hydrogen-bond acceptors (Lipinski definition) is 4. The normalized spacial score (nSPS) is 13.6. The average molecular weight is 266 g/mol. The number of nitrogens with two attached hydrogens (primary N) is 1. The van der Waals surface area contributed by atoms with Crippen molar-refractivity contribution in [2.24, 2.45) is 5.73 Å². The number of aliphatic hydroxyl groups excluding tert-OH is 1. The number of hydrogen-bond donors (Lipinski definition) is 4. The smallest absolute Gasteiger partial charge is 0.305 e. The summed E-state index contributed by atoms with van der Waals surface area (Å²) in [6, 6.07) is 7.78. The first kappa shape index (κ1) is 15.1. The molecule has 0 saturated carbocycles. The van der Waals surface area contributed by atoms with E-state index in [1.165, 1.54) is 0 Å². The molecule has 1 aromatic carbocycles. The van der Waals surface area contributed by atoms with Gasteiger partial charge >= 0.3 is 5.97 Å². The van der Waals surface area contributed by atoms with Gasteiger partial charge in [0.25, 0.3) is 0 Å². The van der Waals surface area contributed by atoms with E-state index in [9.17, 15) is 14.7 Å². The molecule has 0 heterocycles. The maximum Gasteiger partial charge on any atom is 0.305 e. The van der Waals surface area contributed by atoms with Crippen molar-refractivity contribution in [1.29, 1.82) is 0 Å². The summed E-state index contributed by atoms with van der Waals surface area (Å²) in [6.45, 7) is -0.236. The van der Waals surface area contributed by atoms with Gasteiger partial charge in [0.1, 0.15) is 0 Å². The Bertz CT molecular complexity index is 422. The van der Waals surface area contributed by atoms with E-state index in [2.05, 4.69) is 5.32 Å². The fourth-order valence-electron chi connectivity index (χ4n) is 1.65. The van der Waals surface area contributed by atoms with E-state index < -0.39 is 30.4 Å². The number of aliphatic carboxylic acids is 1. The lowest BCUT2D eigenvalue weighted by molar-refractivity contribution is -0.139. The molecule has 104 valence electrons. The van der Waals surface area contributed by atoms with Gasteiger partial charge in [-0.2, -0.15) is 0 Å². The van der Waals surface area contributed by atoms with Crippen molar-refractivity contribution in [3.63, 3.8) is 0 Å². The summed E-state index contributed by atoms with van der Waals surface area (Å²) in [4.78, 5) is 22.1. The third kappa shape index (κ3) is 5.50. The van der Waals surface area contributed by atoms with E-state index in [4.69, 9.17) is 10.8 Å². The fraction of sp³-hybridized carbons (Fsp3) is 0.385. The van der Waals surface area contributed by atoms with Gasteiger partial charge < -0.3 is 21.3 Å². The molecule has 6 heteroatoms. The first-order valence-corrected chi connectivity index (χ1v) is 5.95. The highest BCUT2D eigenvalue weighted by Gasteiger charge is 2.20. The van der Waals surface area contributed by atoms with Crippen molar-refractivity contribution in [2.75, 3.05) is 6.61 Å². The van der Waals surface area contributed by atoms with Crippen LogP contribution in [0.15, 0.2) is 30.3 Å². The van der Waals surface area contributed by atoms with Crippen molar-refractivity contribution >= 4 is 11.9 Å². The van der Waals surface area contributed by atoms with Crippen molar-refractivity contribution < 1.29 is 19.8 Å². The molecule has 2 atom stereocenters. The van der Waals surface area contributed by atoms with Gasteiger partial charge in [0.2, 0.25) is 5.91 Å². The molecule has 5 N–H and O–H groups in total. The number of rotatable bonds is 7. The number of carboxylic acids is 1. The second-order valence-electron chi connectivity index (χ2n) is 4.28. The first-order valence-electron chi connectivity index (χ1n) is 5.95. The van der Waals surface area contributed by atoms with E-state index in [0.717, 1.165) is 5.56 Å². The van der Waals surface area contributed by atoms with Gasteiger partial charge in [0.15, 0.2) is 0 Å². The Morgan fingerprint density at radius 3 is 2.42 bits per heavy atom. The zero-order valence-corrected chi connectivity index (χ0v) is 10.5. The number of amides is 1. The highest BCUT2D eigenvalue weighted by Crippen LogP contribution is 2.03. The average Bonchev–Trinajstić information content (AvgIpc) is 2.38. The summed E-state index contributed by atoms with van der Waals surface area (Å²) in [5.41, 5.74) is 6.41. The second-order valence-corrected chi connectivity index (χ2v) is 4.28. The number of carbonyl (C=O) groups excluding carboxylic acids is 1. The van der Waals surface area contributed by atoms with Gasteiger partial charge in [-0.15, -0.1) is 0 Å². The molecular formula is C13H18N2O4. The van der Waals surface area contributed by atoms with Crippen LogP contribution in [0.5, 0.6) is 0 Å². The van der Waals surface area contributed by atoms with Crippen LogP contribution in [-0.2, 0) is 16.0 Å². The van der Waals surface area contributed by atoms with Gasteiger partial charge in [-0.25, -0.2) is 0 Å². The van der Waals surface area contributed by atoms with Crippen molar-refractivity contribution in [3.8, 4) is 0 Å². The van der Waals surface area contributed by atoms with Crippen LogP contribution in [0.25, 0.3) is 0 Å². The standard InChI is InChI=1S/C13H18N2O4/c14-11(7-12(17)18)13(19)15-10(8-16)6-9-4-2-1-3-5-9/h1-5,10-11,16H,6-8,14H2,(H,15,19)(H,17,18)/t10-,11+/m0/s1. The predicted octanol–water partition coefficient (Wildman–Crippen LogP) is -0.492. The summed E-state index contributed by atoms with van der Waals surface area (Å²) in [5, 5.41) is 20.3. The maximum atomic E-state index is 11.6. The molecule has 0 bridgehead atoms. The van der Waals surface area contributed by atoms with Gasteiger partial charge in [-0.1, -0.05) is 30.3 Å². The minimum Gasteiger partial charge on any atom is -0.481 e. The molecule has 6 nitrogen and oxygen atoms in total. The number of nitrogens with one attached hydrogen (secondary N) is 1. The zero-order valence-electron chi connectivity index (χ0n) is 10.5. The summed E-state index contributed by atoms with van der Waals surface area (Å²) < 4.78 is 0. The molecule has 1 aromatic rings. The van der Waals surface area contributed by atoms with Crippen LogP contribution in [0.3, 0.4) is 0 Å². The molecule has 19 heavy (non-hydrogen) atoms. The summed E-state index contributed by atoms with van der Waals surface area (Å²) >= 11 is 0. The fourth-order valence-corrected chi connectivity index (χ4v) is 1.65. The number of aliphatic hydroxyl groups is 1. The topological polar surface area (TPSA) is 113 Å². The highest BCUT2D eigenvalue weighted by atomic mass is 16.4. The van der Waals surface area contributed by atoms with Crippen LogP contribution >= 0.6 is 0 Å². The van der Waals surface area contributed by atoms with Gasteiger partial charge in [-0.3, -0.25) is 9.59 Å². The maximum absolute atomic E-state index is 11.6. The first-order chi connectivity index (χ1) is 9.02. The molecule has 0 radical (unpaired) electrons. The van der Waals surface area contributed by atoms with Crippen LogP contribution in [0.2, 0.25) is 0 Å². The summed E-state index contributed by atoms with van der Waals surface area (Å²) in [7, 11) is 0. The van der Waals surface area contributed by atoms with Crippen LogP contribution in [-0.4, -0.2) is 40.8 Å². The zero-order chi connectivity index (χ0) is 14.3. The summed E-state index contributed by atoms with van der Waals surface area (Å²) in [6.07, 6.45) is 0.0260. The molecule has 1 amide bonds. The lowest BCUT2D eigenvalue weighted by atomic mass is 10.1. The highest BCUT2D eigenvalue weighted by molar-refractivity contribution is 5.86. The molecule has 0 fully saturated rings. The van der Waals surface area contributed by atoms with Crippen molar-refractivity contribution in [2.45, 2.75) is 24.9 Å². The Labute approximate surface area is 111 Å². The molecule has 0 aliphatic rings. The quantitative estimate of drug-likeness (QED) is 0.532. The molecule has 0 aliphatic carbocycles. The third-order valence-corrected chi connectivity index (χ3v) is 2.62. The van der Waals surface area contributed by atoms with Crippen LogP contribution in [0.4, 0.5) is 0 Å². The minimum atomic E-state index is -1.13. The lowest BCUT2D eigenvalue weighted by Crippen LogP contribution is -2.48. The molecule has 0 saturated heterocycles. The van der Waals surface area contributed by atoms with Gasteiger partial charge in [0, 0.05) is 0 Å². The van der Waals surface area contributed by atoms with Crippen LogP contribution in [0, 0.1) is 0 Å². The van der Waals surface area contributed by atoms with E-state index >= 15 is 0 Å². The van der Waals surface area contributed by atoms with Crippen LogP contribution < -0.4 is 11.1 Å². The van der Waals surface area contributed by atoms with E-state index in [0.29, 0.717) is 6.42 Å². The molecule has 0 unspecified atom stereocenters. The molecule has 0 aromatic heterocycles. The summed E-state index contributed by atoms with van der Waals surface area (Å²) in [5.74, 6) is -1.70. The molecule has 1 rings (SSSR count). The van der Waals surface area contributed by atoms with E-state index in [1.54, 1.807) is 0 Å². The molecule has 0 spiro atoms. The van der Waals surface area contributed by atoms with Gasteiger partial charge in [0.05, 0.1) is 25.1 Å². The SMILES string of the molecule is N[C@H](CC(=O)O)C(=O)N[C@H](CO)Cc1ccccc1. The second kappa shape index (κ2) is 7.50. The van der Waals surface area contributed by atoms with Gasteiger partial charge in [-0.05, 0) is 12.0 Å². The monoisotopic (exact) mass is 266 g/mol. The minimum absolute atomic E-state index is 0.236. The predicted molar refractivity (Wildman–Crippen MR) is 69.4 cm³/mol. The largest absolute Gasteiger partial charge is 0.481 e. The number of carbonyl (C=O) groups is 2. The number of carboxylic acid groups (broad SMARTS) is 1. The Hall–Kier alpha value is -1.92. The van der Waals surface area contributed by atoms with Crippen molar-refractivity contribution in [3.05, 3.63) is 35.9 Å². The number of benzene rings is 1.